The van der Waals surface area contributed by atoms with Crippen LogP contribution in [0.15, 0.2) is 53.3 Å². The Kier molecular flexibility index (Phi) is 6.10. The molecule has 1 aromatic carbocycles. The molecule has 36 heavy (non-hydrogen) atoms. The third kappa shape index (κ3) is 4.75. The lowest BCUT2D eigenvalue weighted by Gasteiger charge is -2.35. The maximum atomic E-state index is 13.1. The number of rotatable bonds is 5. The molecule has 0 bridgehead atoms. The highest BCUT2D eigenvalue weighted by Crippen LogP contribution is 2.29. The van der Waals surface area contributed by atoms with Crippen LogP contribution in [-0.4, -0.2) is 73.8 Å². The molecule has 0 radical (unpaired) electrons. The Morgan fingerprint density at radius 2 is 2.00 bits per heavy atom. The van der Waals surface area contributed by atoms with E-state index < -0.39 is 24.0 Å². The standard InChI is InChI=1S/C22H18F3N7O4/c23-22(24,25)21-28-18(30-36-21)13-2-4-14(5-3-13)19(33)27-11-15-12-35-9-8-31(15)20(34)16-10-17-26-6-1-7-32(17)29-16/h1-7,10,15H,8-9,11-12H2,(H,27,33)/t15-/m1/s1. The average molecular weight is 501 g/mol. The van der Waals surface area contributed by atoms with E-state index in [9.17, 15) is 22.8 Å². The molecule has 11 nitrogen and oxygen atoms in total. The molecule has 4 aromatic rings. The molecular formula is C22H18F3N7O4. The number of ether oxygens (including phenoxy) is 1. The summed E-state index contributed by atoms with van der Waals surface area (Å²) in [6, 6.07) is 8.56. The van der Waals surface area contributed by atoms with Crippen molar-refractivity contribution in [2.24, 2.45) is 0 Å². The maximum Gasteiger partial charge on any atom is 0.471 e. The summed E-state index contributed by atoms with van der Waals surface area (Å²) in [6.07, 6.45) is -1.45. The van der Waals surface area contributed by atoms with Crippen molar-refractivity contribution in [2.45, 2.75) is 12.2 Å². The summed E-state index contributed by atoms with van der Waals surface area (Å²) in [5, 5.41) is 10.4. The van der Waals surface area contributed by atoms with E-state index in [0.29, 0.717) is 18.8 Å². The fourth-order valence-electron chi connectivity index (χ4n) is 3.71. The third-order valence-electron chi connectivity index (χ3n) is 5.52. The summed E-state index contributed by atoms with van der Waals surface area (Å²) in [6.45, 7) is 1.04. The molecule has 5 rings (SSSR count). The van der Waals surface area contributed by atoms with Crippen LogP contribution in [0.3, 0.4) is 0 Å². The van der Waals surface area contributed by atoms with E-state index in [1.807, 2.05) is 0 Å². The van der Waals surface area contributed by atoms with Gasteiger partial charge in [0.15, 0.2) is 11.3 Å². The first-order valence-electron chi connectivity index (χ1n) is 10.8. The van der Waals surface area contributed by atoms with Crippen LogP contribution in [0, 0.1) is 0 Å². The second-order valence-corrected chi connectivity index (χ2v) is 7.89. The van der Waals surface area contributed by atoms with Gasteiger partial charge in [-0.1, -0.05) is 17.3 Å². The normalized spacial score (nSPS) is 16.3. The van der Waals surface area contributed by atoms with E-state index >= 15 is 0 Å². The largest absolute Gasteiger partial charge is 0.471 e. The molecule has 1 aliphatic rings. The van der Waals surface area contributed by atoms with Crippen LogP contribution in [-0.2, 0) is 10.9 Å². The molecule has 0 unspecified atom stereocenters. The number of aromatic nitrogens is 5. The van der Waals surface area contributed by atoms with Gasteiger partial charge in [-0.25, -0.2) is 9.50 Å². The minimum Gasteiger partial charge on any atom is -0.377 e. The van der Waals surface area contributed by atoms with Crippen LogP contribution in [0.4, 0.5) is 13.2 Å². The van der Waals surface area contributed by atoms with Crippen LogP contribution in [0.25, 0.3) is 17.0 Å². The van der Waals surface area contributed by atoms with E-state index in [4.69, 9.17) is 4.74 Å². The Morgan fingerprint density at radius 3 is 2.72 bits per heavy atom. The number of amides is 2. The van der Waals surface area contributed by atoms with E-state index in [-0.39, 0.29) is 41.7 Å². The molecule has 0 aliphatic carbocycles. The minimum absolute atomic E-state index is 0.123. The Bertz CT molecular complexity index is 1370. The SMILES string of the molecule is O=C(NC[C@@H]1COCCN1C(=O)c1cc2ncccn2n1)c1ccc(-c2noc(C(F)(F)F)n2)cc1. The molecular weight excluding hydrogens is 483 g/mol. The summed E-state index contributed by atoms with van der Waals surface area (Å²) in [5.74, 6) is -2.43. The first kappa shape index (κ1) is 23.4. The topological polar surface area (TPSA) is 128 Å². The van der Waals surface area contributed by atoms with Gasteiger partial charge in [-0.2, -0.15) is 23.3 Å². The van der Waals surface area contributed by atoms with Crippen LogP contribution >= 0.6 is 0 Å². The monoisotopic (exact) mass is 501 g/mol. The van der Waals surface area contributed by atoms with E-state index in [1.54, 1.807) is 29.4 Å². The fourth-order valence-corrected chi connectivity index (χ4v) is 3.71. The first-order valence-corrected chi connectivity index (χ1v) is 10.8. The molecule has 2 amide bonds. The highest BCUT2D eigenvalue weighted by atomic mass is 19.4. The Balaban J connectivity index is 1.23. The van der Waals surface area contributed by atoms with Crippen molar-refractivity contribution >= 4 is 17.5 Å². The number of carbonyl (C=O) groups excluding carboxylic acids is 2. The number of hydrogen-bond acceptors (Lipinski definition) is 8. The van der Waals surface area contributed by atoms with Crippen LogP contribution < -0.4 is 5.32 Å². The molecule has 4 heterocycles. The van der Waals surface area contributed by atoms with Gasteiger partial charge >= 0.3 is 12.1 Å². The van der Waals surface area contributed by atoms with E-state index in [1.165, 1.54) is 28.8 Å². The second kappa shape index (κ2) is 9.37. The van der Waals surface area contributed by atoms with Gasteiger partial charge in [0.2, 0.25) is 5.82 Å². The Morgan fingerprint density at radius 1 is 1.19 bits per heavy atom. The number of carbonyl (C=O) groups is 2. The molecule has 1 aliphatic heterocycles. The van der Waals surface area contributed by atoms with Crippen LogP contribution in [0.1, 0.15) is 26.7 Å². The minimum atomic E-state index is -4.74. The van der Waals surface area contributed by atoms with Crippen molar-refractivity contribution in [1.29, 1.82) is 0 Å². The molecule has 0 spiro atoms. The quantitative estimate of drug-likeness (QED) is 0.440. The zero-order valence-electron chi connectivity index (χ0n) is 18.5. The molecule has 1 N–H and O–H groups in total. The summed E-state index contributed by atoms with van der Waals surface area (Å²) in [4.78, 5) is 34.8. The van der Waals surface area contributed by atoms with Gasteiger partial charge in [-0.3, -0.25) is 9.59 Å². The van der Waals surface area contributed by atoms with Gasteiger partial charge in [-0.05, 0) is 18.2 Å². The Labute approximate surface area is 200 Å². The highest BCUT2D eigenvalue weighted by molar-refractivity contribution is 5.95. The summed E-state index contributed by atoms with van der Waals surface area (Å²) in [5.41, 5.74) is 1.29. The van der Waals surface area contributed by atoms with Crippen molar-refractivity contribution in [3.05, 3.63) is 65.9 Å². The van der Waals surface area contributed by atoms with Gasteiger partial charge in [0.1, 0.15) is 0 Å². The number of fused-ring (bicyclic) bond motifs is 1. The zero-order valence-corrected chi connectivity index (χ0v) is 18.5. The van der Waals surface area contributed by atoms with Crippen molar-refractivity contribution in [3.8, 4) is 11.4 Å². The van der Waals surface area contributed by atoms with E-state index in [2.05, 4.69) is 30.1 Å². The lowest BCUT2D eigenvalue weighted by molar-refractivity contribution is -0.159. The fraction of sp³-hybridized carbons (Fsp3) is 0.273. The number of nitrogens with one attached hydrogen (secondary N) is 1. The zero-order chi connectivity index (χ0) is 25.3. The van der Waals surface area contributed by atoms with Gasteiger partial charge in [0.25, 0.3) is 11.8 Å². The number of halogens is 3. The first-order chi connectivity index (χ1) is 17.3. The summed E-state index contributed by atoms with van der Waals surface area (Å²) in [7, 11) is 0. The molecule has 186 valence electrons. The predicted octanol–water partition coefficient (Wildman–Crippen LogP) is 2.07. The maximum absolute atomic E-state index is 13.1. The summed E-state index contributed by atoms with van der Waals surface area (Å²) >= 11 is 0. The number of alkyl halides is 3. The molecule has 1 saturated heterocycles. The van der Waals surface area contributed by atoms with Crippen molar-refractivity contribution in [3.63, 3.8) is 0 Å². The smallest absolute Gasteiger partial charge is 0.377 e. The summed E-state index contributed by atoms with van der Waals surface area (Å²) < 4.78 is 49.2. The van der Waals surface area contributed by atoms with Crippen LogP contribution in [0.2, 0.25) is 0 Å². The second-order valence-electron chi connectivity index (χ2n) is 7.89. The van der Waals surface area contributed by atoms with Gasteiger partial charge in [0.05, 0.1) is 19.3 Å². The van der Waals surface area contributed by atoms with Gasteiger partial charge in [-0.15, -0.1) is 0 Å². The number of hydrogen-bond donors (Lipinski definition) is 1. The molecule has 1 atom stereocenters. The number of benzene rings is 1. The third-order valence-corrected chi connectivity index (χ3v) is 5.52. The Hall–Kier alpha value is -4.33. The predicted molar refractivity (Wildman–Crippen MR) is 116 cm³/mol. The molecule has 1 fully saturated rings. The van der Waals surface area contributed by atoms with Crippen LogP contribution in [0.5, 0.6) is 0 Å². The van der Waals surface area contributed by atoms with Crippen molar-refractivity contribution in [1.82, 2.24) is 35.0 Å². The average Bonchev–Trinajstić information content (AvgIpc) is 3.55. The van der Waals surface area contributed by atoms with Gasteiger partial charge in [0, 0.05) is 42.7 Å². The number of morpholine rings is 1. The lowest BCUT2D eigenvalue weighted by atomic mass is 10.1. The highest BCUT2D eigenvalue weighted by Gasteiger charge is 2.38. The number of nitrogens with zero attached hydrogens (tertiary/aromatic N) is 6. The molecule has 3 aromatic heterocycles. The van der Waals surface area contributed by atoms with Crippen molar-refractivity contribution in [2.75, 3.05) is 26.3 Å². The van der Waals surface area contributed by atoms with Gasteiger partial charge < -0.3 is 19.5 Å². The molecule has 14 heteroatoms. The van der Waals surface area contributed by atoms with E-state index in [0.717, 1.165) is 0 Å². The lowest BCUT2D eigenvalue weighted by Crippen LogP contribution is -2.53. The van der Waals surface area contributed by atoms with Crippen molar-refractivity contribution < 1.29 is 32.0 Å². The molecule has 0 saturated carbocycles.